The fourth-order valence-electron chi connectivity index (χ4n) is 3.01. The van der Waals surface area contributed by atoms with Gasteiger partial charge in [-0.3, -0.25) is 4.79 Å². The molecule has 1 N–H and O–H groups in total. The predicted molar refractivity (Wildman–Crippen MR) is 103 cm³/mol. The third-order valence-corrected chi connectivity index (χ3v) is 6.44. The number of methoxy groups -OCH3 is 1. The fourth-order valence-corrected chi connectivity index (χ4v) is 4.66. The number of anilines is 1. The van der Waals surface area contributed by atoms with Gasteiger partial charge in [0.15, 0.2) is 9.84 Å². The average Bonchev–Trinajstić information content (AvgIpc) is 3.16. The van der Waals surface area contributed by atoms with Gasteiger partial charge in [0, 0.05) is 12.3 Å². The molecule has 0 aromatic heterocycles. The quantitative estimate of drug-likeness (QED) is 0.791. The van der Waals surface area contributed by atoms with Gasteiger partial charge in [0.2, 0.25) is 0 Å². The van der Waals surface area contributed by atoms with E-state index < -0.39 is 28.6 Å². The van der Waals surface area contributed by atoms with E-state index in [1.54, 1.807) is 0 Å². The lowest BCUT2D eigenvalue weighted by molar-refractivity contribution is 0.102. The van der Waals surface area contributed by atoms with Gasteiger partial charge in [-0.05, 0) is 61.2 Å². The highest BCUT2D eigenvalue weighted by Gasteiger charge is 2.26. The van der Waals surface area contributed by atoms with Crippen LogP contribution in [-0.2, 0) is 14.6 Å². The van der Waals surface area contributed by atoms with Gasteiger partial charge in [0.25, 0.3) is 5.91 Å². The number of hydrogen-bond donors (Lipinski definition) is 1. The summed E-state index contributed by atoms with van der Waals surface area (Å²) in [5.41, 5.74) is 0.300. The van der Waals surface area contributed by atoms with Gasteiger partial charge < -0.3 is 14.8 Å². The van der Waals surface area contributed by atoms with Crippen molar-refractivity contribution in [3.8, 4) is 5.75 Å². The standard InChI is InChI=1S/C20H22FNO5S/c1-13-9-15(3-5-18(13)21)22-20(23)17-10-16(4-6-19(17)26-2)28(24,25)12-14-7-8-27-11-14/h3-6,9-10,14H,7-8,11-12H2,1-2H3,(H,22,23)/t14-/m0/s1/i2D3. The van der Waals surface area contributed by atoms with Crippen LogP contribution in [0.15, 0.2) is 41.3 Å². The third kappa shape index (κ3) is 4.51. The number of nitrogens with one attached hydrogen (secondary N) is 1. The highest BCUT2D eigenvalue weighted by molar-refractivity contribution is 7.91. The minimum Gasteiger partial charge on any atom is -0.496 e. The monoisotopic (exact) mass is 410 g/mol. The number of aryl methyl sites for hydroxylation is 1. The van der Waals surface area contributed by atoms with Crippen LogP contribution in [0.3, 0.4) is 0 Å². The highest BCUT2D eigenvalue weighted by atomic mass is 32.2. The molecule has 0 saturated carbocycles. The third-order valence-electron chi connectivity index (χ3n) is 4.56. The molecule has 2 aromatic carbocycles. The summed E-state index contributed by atoms with van der Waals surface area (Å²) in [6.45, 7) is 2.36. The zero-order valence-corrected chi connectivity index (χ0v) is 16.0. The van der Waals surface area contributed by atoms with E-state index >= 15 is 0 Å². The van der Waals surface area contributed by atoms with E-state index in [1.165, 1.54) is 31.2 Å². The Balaban J connectivity index is 1.94. The van der Waals surface area contributed by atoms with Crippen molar-refractivity contribution in [2.24, 2.45) is 5.92 Å². The van der Waals surface area contributed by atoms with Gasteiger partial charge in [0.05, 0.1) is 34.0 Å². The summed E-state index contributed by atoms with van der Waals surface area (Å²) in [7, 11) is -6.60. The minimum absolute atomic E-state index is 0.127. The average molecular weight is 410 g/mol. The molecular formula is C20H22FNO5S. The number of halogens is 1. The van der Waals surface area contributed by atoms with Crippen LogP contribution < -0.4 is 10.1 Å². The van der Waals surface area contributed by atoms with Crippen LogP contribution in [0, 0.1) is 18.7 Å². The number of carbonyl (C=O) groups is 1. The molecule has 28 heavy (non-hydrogen) atoms. The van der Waals surface area contributed by atoms with E-state index in [2.05, 4.69) is 5.32 Å². The summed E-state index contributed by atoms with van der Waals surface area (Å²) < 4.78 is 71.2. The van der Waals surface area contributed by atoms with Gasteiger partial charge in [-0.1, -0.05) is 0 Å². The van der Waals surface area contributed by atoms with Crippen molar-refractivity contribution in [1.82, 2.24) is 0 Å². The lowest BCUT2D eigenvalue weighted by atomic mass is 10.1. The first-order valence-electron chi connectivity index (χ1n) is 10.2. The predicted octanol–water partition coefficient (Wildman–Crippen LogP) is 3.21. The maximum atomic E-state index is 13.5. The fraction of sp³-hybridized carbons (Fsp3) is 0.350. The van der Waals surface area contributed by atoms with Crippen LogP contribution in [0.4, 0.5) is 10.1 Å². The summed E-state index contributed by atoms with van der Waals surface area (Å²) in [4.78, 5) is 12.7. The summed E-state index contributed by atoms with van der Waals surface area (Å²) in [5, 5.41) is 2.52. The Morgan fingerprint density at radius 1 is 1.36 bits per heavy atom. The molecule has 1 fully saturated rings. The Hall–Kier alpha value is -2.45. The van der Waals surface area contributed by atoms with E-state index in [0.29, 0.717) is 25.2 Å². The topological polar surface area (TPSA) is 81.7 Å². The van der Waals surface area contributed by atoms with Gasteiger partial charge in [0.1, 0.15) is 11.6 Å². The number of ether oxygens (including phenoxy) is 2. The normalized spacial score (nSPS) is 18.8. The Labute approximate surface area is 167 Å². The van der Waals surface area contributed by atoms with Crippen molar-refractivity contribution < 1.29 is 31.2 Å². The molecule has 1 heterocycles. The number of carbonyl (C=O) groups excluding carboxylic acids is 1. The molecule has 1 amide bonds. The molecule has 1 aliphatic heterocycles. The zero-order chi connectivity index (χ0) is 22.8. The summed E-state index contributed by atoms with van der Waals surface area (Å²) in [6, 6.07) is 7.37. The number of sulfone groups is 1. The molecule has 0 radical (unpaired) electrons. The number of rotatable bonds is 6. The highest BCUT2D eigenvalue weighted by Crippen LogP contribution is 2.27. The molecule has 0 bridgehead atoms. The molecule has 6 nitrogen and oxygen atoms in total. The number of hydrogen-bond acceptors (Lipinski definition) is 5. The molecule has 1 atom stereocenters. The van der Waals surface area contributed by atoms with E-state index in [0.717, 1.165) is 12.1 Å². The molecule has 8 heteroatoms. The van der Waals surface area contributed by atoms with Crippen molar-refractivity contribution in [3.63, 3.8) is 0 Å². The first kappa shape index (κ1) is 16.5. The molecule has 0 unspecified atom stereocenters. The first-order valence-corrected chi connectivity index (χ1v) is 10.3. The van der Waals surface area contributed by atoms with E-state index in [9.17, 15) is 17.6 Å². The van der Waals surface area contributed by atoms with Crippen molar-refractivity contribution in [3.05, 3.63) is 53.3 Å². The van der Waals surface area contributed by atoms with E-state index in [4.69, 9.17) is 13.6 Å². The van der Waals surface area contributed by atoms with Gasteiger partial charge >= 0.3 is 0 Å². The van der Waals surface area contributed by atoms with Crippen LogP contribution >= 0.6 is 0 Å². The minimum atomic E-state index is -3.75. The molecular weight excluding hydrogens is 385 g/mol. The lowest BCUT2D eigenvalue weighted by Crippen LogP contribution is -2.18. The van der Waals surface area contributed by atoms with Crippen molar-refractivity contribution in [1.29, 1.82) is 0 Å². The molecule has 150 valence electrons. The largest absolute Gasteiger partial charge is 0.496 e. The maximum Gasteiger partial charge on any atom is 0.259 e. The smallest absolute Gasteiger partial charge is 0.259 e. The first-order chi connectivity index (χ1) is 14.4. The summed E-state index contributed by atoms with van der Waals surface area (Å²) >= 11 is 0. The second kappa shape index (κ2) is 8.28. The summed E-state index contributed by atoms with van der Waals surface area (Å²) in [6.07, 6.45) is 0.622. The Morgan fingerprint density at radius 2 is 2.18 bits per heavy atom. The van der Waals surface area contributed by atoms with Gasteiger partial charge in [-0.25, -0.2) is 12.8 Å². The molecule has 0 aliphatic carbocycles. The molecule has 1 aliphatic rings. The van der Waals surface area contributed by atoms with Crippen molar-refractivity contribution in [2.75, 3.05) is 31.3 Å². The van der Waals surface area contributed by atoms with Crippen LogP contribution in [0.1, 0.15) is 26.5 Å². The molecule has 0 spiro atoms. The lowest BCUT2D eigenvalue weighted by Gasteiger charge is -2.13. The SMILES string of the molecule is [2H]C([2H])([2H])Oc1ccc(S(=O)(=O)C[C@H]2CCOC2)cc1C(=O)Nc1ccc(F)c(C)c1. The van der Waals surface area contributed by atoms with E-state index in [1.807, 2.05) is 0 Å². The number of amides is 1. The summed E-state index contributed by atoms with van der Waals surface area (Å²) in [5.74, 6) is -1.83. The van der Waals surface area contributed by atoms with E-state index in [-0.39, 0.29) is 33.6 Å². The molecule has 1 saturated heterocycles. The van der Waals surface area contributed by atoms with Crippen LogP contribution in [0.25, 0.3) is 0 Å². The Kier molecular flexibility index (Phi) is 4.88. The Bertz CT molecular complexity index is 1080. The van der Waals surface area contributed by atoms with Crippen LogP contribution in [-0.4, -0.2) is 40.3 Å². The van der Waals surface area contributed by atoms with Crippen LogP contribution in [0.2, 0.25) is 0 Å². The molecule has 2 aromatic rings. The molecule has 3 rings (SSSR count). The van der Waals surface area contributed by atoms with Gasteiger partial charge in [-0.2, -0.15) is 0 Å². The van der Waals surface area contributed by atoms with Crippen LogP contribution in [0.5, 0.6) is 5.75 Å². The Morgan fingerprint density at radius 3 is 2.86 bits per heavy atom. The second-order valence-electron chi connectivity index (χ2n) is 6.69. The zero-order valence-electron chi connectivity index (χ0n) is 18.2. The van der Waals surface area contributed by atoms with Crippen molar-refractivity contribution >= 4 is 21.4 Å². The number of benzene rings is 2. The van der Waals surface area contributed by atoms with Crippen molar-refractivity contribution in [2.45, 2.75) is 18.2 Å². The maximum absolute atomic E-state index is 13.5. The van der Waals surface area contributed by atoms with Gasteiger partial charge in [-0.15, -0.1) is 0 Å². The second-order valence-corrected chi connectivity index (χ2v) is 8.72.